The van der Waals surface area contributed by atoms with Crippen LogP contribution in [-0.2, 0) is 5.75 Å². The van der Waals surface area contributed by atoms with Gasteiger partial charge < -0.3 is 17.2 Å². The van der Waals surface area contributed by atoms with Crippen LogP contribution in [0.25, 0.3) is 0 Å². The van der Waals surface area contributed by atoms with Crippen LogP contribution in [0.4, 0.5) is 23.0 Å². The highest BCUT2D eigenvalue weighted by molar-refractivity contribution is 7.98. The summed E-state index contributed by atoms with van der Waals surface area (Å²) in [5.74, 6) is 0.926. The van der Waals surface area contributed by atoms with Crippen molar-refractivity contribution in [2.24, 2.45) is 0 Å². The number of rotatable bonds is 4. The third-order valence-electron chi connectivity index (χ3n) is 2.44. The van der Waals surface area contributed by atoms with Crippen LogP contribution in [0.3, 0.4) is 0 Å². The van der Waals surface area contributed by atoms with E-state index in [4.69, 9.17) is 17.2 Å². The molecule has 1 heterocycles. The molecule has 0 aliphatic rings. The van der Waals surface area contributed by atoms with Gasteiger partial charge in [-0.25, -0.2) is 9.97 Å². The maximum absolute atomic E-state index is 10.7. The van der Waals surface area contributed by atoms with E-state index in [2.05, 4.69) is 9.97 Å². The summed E-state index contributed by atoms with van der Waals surface area (Å²) in [6.45, 7) is 0. The predicted molar refractivity (Wildman–Crippen MR) is 77.9 cm³/mol. The summed E-state index contributed by atoms with van der Waals surface area (Å²) in [5, 5.41) is 11.1. The molecule has 0 saturated heterocycles. The number of thioether (sulfide) groups is 1. The Labute approximate surface area is 118 Å². The van der Waals surface area contributed by atoms with E-state index in [-0.39, 0.29) is 17.3 Å². The van der Waals surface area contributed by atoms with E-state index in [0.717, 1.165) is 0 Å². The fraction of sp³-hybridized carbons (Fsp3) is 0.0909. The Morgan fingerprint density at radius 3 is 2.40 bits per heavy atom. The second kappa shape index (κ2) is 5.61. The summed E-state index contributed by atoms with van der Waals surface area (Å²) in [4.78, 5) is 18.3. The highest BCUT2D eigenvalue weighted by Crippen LogP contribution is 2.27. The zero-order valence-electron chi connectivity index (χ0n) is 10.3. The summed E-state index contributed by atoms with van der Waals surface area (Å²) in [7, 11) is 0. The lowest BCUT2D eigenvalue weighted by Gasteiger charge is -2.05. The van der Waals surface area contributed by atoms with E-state index in [0.29, 0.717) is 22.2 Å². The maximum atomic E-state index is 10.7. The third kappa shape index (κ3) is 3.26. The van der Waals surface area contributed by atoms with Crippen molar-refractivity contribution in [3.8, 4) is 0 Å². The van der Waals surface area contributed by atoms with Crippen LogP contribution in [0.15, 0.2) is 29.4 Å². The van der Waals surface area contributed by atoms with Crippen molar-refractivity contribution >= 4 is 34.8 Å². The molecule has 20 heavy (non-hydrogen) atoms. The molecule has 0 unspecified atom stereocenters. The van der Waals surface area contributed by atoms with E-state index in [1.165, 1.54) is 36.0 Å². The molecule has 2 aromatic rings. The van der Waals surface area contributed by atoms with Gasteiger partial charge in [0, 0.05) is 29.6 Å². The number of benzene rings is 1. The molecule has 1 aromatic heterocycles. The number of aromatic nitrogens is 2. The van der Waals surface area contributed by atoms with Crippen LogP contribution in [0, 0.1) is 10.1 Å². The monoisotopic (exact) mass is 292 g/mol. The van der Waals surface area contributed by atoms with E-state index >= 15 is 0 Å². The molecule has 0 amide bonds. The highest BCUT2D eigenvalue weighted by atomic mass is 32.2. The molecule has 0 bridgehead atoms. The van der Waals surface area contributed by atoms with Gasteiger partial charge in [-0.15, -0.1) is 0 Å². The topological polar surface area (TPSA) is 147 Å². The molecule has 1 aromatic carbocycles. The fourth-order valence-electron chi connectivity index (χ4n) is 1.50. The van der Waals surface area contributed by atoms with Gasteiger partial charge in [0.1, 0.15) is 11.6 Å². The first-order valence-electron chi connectivity index (χ1n) is 5.51. The molecular formula is C11H12N6O2S. The van der Waals surface area contributed by atoms with Gasteiger partial charge in [0.2, 0.25) is 0 Å². The largest absolute Gasteiger partial charge is 0.398 e. The summed E-state index contributed by atoms with van der Waals surface area (Å²) in [6, 6.07) is 5.74. The molecule has 8 nitrogen and oxygen atoms in total. The van der Waals surface area contributed by atoms with Crippen molar-refractivity contribution in [1.29, 1.82) is 0 Å². The summed E-state index contributed by atoms with van der Waals surface area (Å²) in [5.41, 5.74) is 18.0. The lowest BCUT2D eigenvalue weighted by Crippen LogP contribution is -2.00. The Bertz CT molecular complexity index is 643. The maximum Gasteiger partial charge on any atom is 0.269 e. The van der Waals surface area contributed by atoms with E-state index in [1.54, 1.807) is 0 Å². The number of nitrogens with two attached hydrogens (primary N) is 3. The highest BCUT2D eigenvalue weighted by Gasteiger charge is 2.10. The predicted octanol–water partition coefficient (Wildman–Crippen LogP) is 1.42. The van der Waals surface area contributed by atoms with Crippen LogP contribution in [0.5, 0.6) is 0 Å². The van der Waals surface area contributed by atoms with Gasteiger partial charge in [-0.05, 0) is 11.6 Å². The zero-order chi connectivity index (χ0) is 14.7. The van der Waals surface area contributed by atoms with Crippen LogP contribution in [0.1, 0.15) is 5.56 Å². The second-order valence-electron chi connectivity index (χ2n) is 3.93. The molecule has 0 fully saturated rings. The number of non-ortho nitro benzene ring substituents is 1. The first kappa shape index (κ1) is 13.9. The Kier molecular flexibility index (Phi) is 3.89. The Morgan fingerprint density at radius 1 is 1.15 bits per heavy atom. The second-order valence-corrected chi connectivity index (χ2v) is 4.87. The van der Waals surface area contributed by atoms with Crippen molar-refractivity contribution in [1.82, 2.24) is 9.97 Å². The zero-order valence-corrected chi connectivity index (χ0v) is 11.1. The fourth-order valence-corrected chi connectivity index (χ4v) is 2.37. The van der Waals surface area contributed by atoms with Crippen LogP contribution in [0.2, 0.25) is 0 Å². The Balaban J connectivity index is 2.18. The van der Waals surface area contributed by atoms with Gasteiger partial charge in [-0.3, -0.25) is 10.1 Å². The van der Waals surface area contributed by atoms with E-state index < -0.39 is 4.92 Å². The molecule has 0 saturated carbocycles. The average Bonchev–Trinajstić information content (AvgIpc) is 2.36. The SMILES string of the molecule is Nc1cc(N)nc(SCc2cc([N+](=O)[O-])ccc2N)n1. The number of nitrogen functional groups attached to an aromatic ring is 3. The molecule has 6 N–H and O–H groups in total. The minimum Gasteiger partial charge on any atom is -0.398 e. The summed E-state index contributed by atoms with van der Waals surface area (Å²) < 4.78 is 0. The quantitative estimate of drug-likeness (QED) is 0.252. The summed E-state index contributed by atoms with van der Waals surface area (Å²) in [6.07, 6.45) is 0. The molecule has 0 aliphatic carbocycles. The van der Waals surface area contributed by atoms with Gasteiger partial charge in [-0.1, -0.05) is 11.8 Å². The molecule has 0 atom stereocenters. The van der Waals surface area contributed by atoms with Gasteiger partial charge in [0.15, 0.2) is 5.16 Å². The average molecular weight is 292 g/mol. The van der Waals surface area contributed by atoms with Crippen molar-refractivity contribution in [3.05, 3.63) is 39.9 Å². The molecule has 0 aliphatic heterocycles. The first-order chi connectivity index (χ1) is 9.45. The summed E-state index contributed by atoms with van der Waals surface area (Å²) >= 11 is 1.25. The smallest absolute Gasteiger partial charge is 0.269 e. The molecule has 0 spiro atoms. The first-order valence-corrected chi connectivity index (χ1v) is 6.50. The molecule has 2 rings (SSSR count). The number of nitro groups is 1. The van der Waals surface area contributed by atoms with Gasteiger partial charge in [0.25, 0.3) is 5.69 Å². The number of anilines is 3. The standard InChI is InChI=1S/C11H12N6O2S/c12-8-2-1-7(17(18)19)3-6(8)5-20-11-15-9(13)4-10(14)16-11/h1-4H,5,12H2,(H4,13,14,15,16). The Hall–Kier alpha value is -2.55. The van der Waals surface area contributed by atoms with Crippen LogP contribution >= 0.6 is 11.8 Å². The number of nitrogens with zero attached hydrogens (tertiary/aromatic N) is 3. The number of hydrogen-bond acceptors (Lipinski definition) is 8. The van der Waals surface area contributed by atoms with Crippen LogP contribution < -0.4 is 17.2 Å². The normalized spacial score (nSPS) is 10.4. The van der Waals surface area contributed by atoms with Crippen molar-refractivity contribution in [2.75, 3.05) is 17.2 Å². The molecule has 9 heteroatoms. The van der Waals surface area contributed by atoms with Gasteiger partial charge in [0.05, 0.1) is 4.92 Å². The molecule has 0 radical (unpaired) electrons. The molecular weight excluding hydrogens is 280 g/mol. The van der Waals surface area contributed by atoms with Crippen molar-refractivity contribution in [2.45, 2.75) is 10.9 Å². The van der Waals surface area contributed by atoms with Crippen molar-refractivity contribution < 1.29 is 4.92 Å². The minimum atomic E-state index is -0.470. The lowest BCUT2D eigenvalue weighted by atomic mass is 10.2. The Morgan fingerprint density at radius 2 is 1.80 bits per heavy atom. The van der Waals surface area contributed by atoms with E-state index in [9.17, 15) is 10.1 Å². The van der Waals surface area contributed by atoms with Gasteiger partial charge in [-0.2, -0.15) is 0 Å². The third-order valence-corrected chi connectivity index (χ3v) is 3.34. The lowest BCUT2D eigenvalue weighted by molar-refractivity contribution is -0.384. The minimum absolute atomic E-state index is 0.0113. The van der Waals surface area contributed by atoms with Crippen molar-refractivity contribution in [3.63, 3.8) is 0 Å². The molecule has 104 valence electrons. The number of nitro benzene ring substituents is 1. The number of hydrogen-bond donors (Lipinski definition) is 3. The van der Waals surface area contributed by atoms with Crippen LogP contribution in [-0.4, -0.2) is 14.9 Å². The van der Waals surface area contributed by atoms with Gasteiger partial charge >= 0.3 is 0 Å². The van der Waals surface area contributed by atoms with E-state index in [1.807, 2.05) is 0 Å².